The van der Waals surface area contributed by atoms with Gasteiger partial charge < -0.3 is 19.1 Å². The summed E-state index contributed by atoms with van der Waals surface area (Å²) in [5.41, 5.74) is 5.23. The van der Waals surface area contributed by atoms with E-state index in [1.807, 2.05) is 84.3 Å². The van der Waals surface area contributed by atoms with Gasteiger partial charge in [-0.05, 0) is 66.3 Å². The van der Waals surface area contributed by atoms with Crippen molar-refractivity contribution in [2.45, 2.75) is 33.0 Å². The fourth-order valence-electron chi connectivity index (χ4n) is 5.36. The molecule has 42 heavy (non-hydrogen) atoms. The molecule has 1 aliphatic rings. The normalized spacial score (nSPS) is 14.3. The van der Waals surface area contributed by atoms with Crippen LogP contribution in [0.5, 0.6) is 11.6 Å². The standard InChI is InChI=1S/C35H30N5O.Pt/c1-23-18-25(39-22-38(5)30-12-8-9-13-31(30)39)20-34(37-23)41-26-14-15-28-27-10-6-7-11-29(27)40(32(28)21-26)33-19-24(16-17-36-33)35(2,3)4;/h6-19,22H,1-5H3;/q-3;/i1D3;. The molecule has 4 heterocycles. The molecule has 0 unspecified atom stereocenters. The van der Waals surface area contributed by atoms with Gasteiger partial charge in [-0.15, -0.1) is 17.5 Å². The zero-order valence-corrected chi connectivity index (χ0v) is 25.9. The van der Waals surface area contributed by atoms with Gasteiger partial charge in [-0.2, -0.15) is 30.6 Å². The number of rotatable bonds is 4. The van der Waals surface area contributed by atoms with Gasteiger partial charge in [0.05, 0.1) is 0 Å². The number of ether oxygens (including phenoxy) is 1. The second kappa shape index (κ2) is 10.6. The minimum absolute atomic E-state index is 0. The van der Waals surface area contributed by atoms with E-state index >= 15 is 0 Å². The summed E-state index contributed by atoms with van der Waals surface area (Å²) in [4.78, 5) is 13.0. The van der Waals surface area contributed by atoms with Crippen LogP contribution in [0, 0.1) is 25.7 Å². The van der Waals surface area contributed by atoms with Crippen molar-refractivity contribution in [3.8, 4) is 17.4 Å². The van der Waals surface area contributed by atoms with Crippen molar-refractivity contribution in [1.82, 2.24) is 14.5 Å². The molecule has 3 aromatic heterocycles. The first-order chi connectivity index (χ1) is 21.0. The third-order valence-corrected chi connectivity index (χ3v) is 7.40. The molecule has 0 atom stereocenters. The van der Waals surface area contributed by atoms with E-state index in [4.69, 9.17) is 13.8 Å². The zero-order valence-electron chi connectivity index (χ0n) is 26.6. The topological polar surface area (TPSA) is 46.4 Å². The van der Waals surface area contributed by atoms with E-state index < -0.39 is 6.85 Å². The van der Waals surface area contributed by atoms with Crippen LogP contribution in [-0.2, 0) is 26.5 Å². The Hall–Kier alpha value is -4.15. The van der Waals surface area contributed by atoms with Crippen LogP contribution >= 0.6 is 0 Å². The molecule has 6 nitrogen and oxygen atoms in total. The molecule has 214 valence electrons. The van der Waals surface area contributed by atoms with Gasteiger partial charge in [0.15, 0.2) is 0 Å². The molecule has 7 heteroatoms. The Labute approximate surface area is 265 Å². The number of nitrogens with zero attached hydrogens (tertiary/aromatic N) is 5. The van der Waals surface area contributed by atoms with Crippen molar-refractivity contribution in [2.75, 3.05) is 16.8 Å². The molecule has 0 aliphatic carbocycles. The van der Waals surface area contributed by atoms with Crippen LogP contribution in [0.15, 0.2) is 85.1 Å². The summed E-state index contributed by atoms with van der Waals surface area (Å²) in [6.07, 6.45) is 1.84. The molecule has 0 fully saturated rings. The number of aromatic nitrogens is 3. The predicted molar refractivity (Wildman–Crippen MR) is 165 cm³/mol. The largest absolute Gasteiger partial charge is 0.504 e. The van der Waals surface area contributed by atoms with Crippen molar-refractivity contribution in [2.24, 2.45) is 0 Å². The summed E-state index contributed by atoms with van der Waals surface area (Å²) in [6.45, 7) is 5.98. The zero-order chi connectivity index (χ0) is 30.8. The molecule has 0 spiro atoms. The van der Waals surface area contributed by atoms with Crippen molar-refractivity contribution >= 4 is 38.9 Å². The van der Waals surface area contributed by atoms with Crippen LogP contribution in [0.25, 0.3) is 27.6 Å². The first-order valence-electron chi connectivity index (χ1n) is 15.0. The Morgan fingerprint density at radius 2 is 1.69 bits per heavy atom. The average molecular weight is 735 g/mol. The Morgan fingerprint density at radius 1 is 0.905 bits per heavy atom. The molecule has 0 bridgehead atoms. The van der Waals surface area contributed by atoms with Crippen molar-refractivity contribution in [3.63, 3.8) is 0 Å². The summed E-state index contributed by atoms with van der Waals surface area (Å²) in [7, 11) is 1.94. The molecule has 0 saturated heterocycles. The number of pyridine rings is 2. The van der Waals surface area contributed by atoms with Gasteiger partial charge in [0, 0.05) is 54.0 Å². The minimum Gasteiger partial charge on any atom is -0.504 e. The van der Waals surface area contributed by atoms with Gasteiger partial charge in [-0.3, -0.25) is 4.98 Å². The van der Waals surface area contributed by atoms with E-state index in [2.05, 4.69) is 60.7 Å². The molecule has 1 aliphatic heterocycles. The van der Waals surface area contributed by atoms with Crippen LogP contribution in [0.4, 0.5) is 17.1 Å². The monoisotopic (exact) mass is 734 g/mol. The van der Waals surface area contributed by atoms with Crippen molar-refractivity contribution < 1.29 is 29.9 Å². The first kappa shape index (κ1) is 24.4. The SMILES string of the molecule is [2H]C([2H])([2H])c1cc(N2[CH-]N(C)c3ccccc32)[c-]c(Oc2[c-]c3c(cc2)c2ccccc2n3-c2cc(C(C)(C)C)ccn2)n1.[Pt]. The fraction of sp³-hybridized carbons (Fsp3) is 0.171. The van der Waals surface area contributed by atoms with Crippen LogP contribution in [0.1, 0.15) is 36.1 Å². The quantitative estimate of drug-likeness (QED) is 0.171. The van der Waals surface area contributed by atoms with E-state index in [1.54, 1.807) is 0 Å². The van der Waals surface area contributed by atoms with Crippen LogP contribution < -0.4 is 14.5 Å². The Morgan fingerprint density at radius 3 is 2.50 bits per heavy atom. The van der Waals surface area contributed by atoms with Crippen molar-refractivity contribution in [3.05, 3.63) is 115 Å². The maximum absolute atomic E-state index is 8.10. The molecular formula is C35H30N5OPt-3. The summed E-state index contributed by atoms with van der Waals surface area (Å²) in [5.74, 6) is 1.20. The molecular weight excluding hydrogens is 701 g/mol. The Kier molecular flexibility index (Phi) is 6.17. The first-order valence-corrected chi connectivity index (χ1v) is 13.5. The van der Waals surface area contributed by atoms with Gasteiger partial charge in [0.25, 0.3) is 0 Å². The van der Waals surface area contributed by atoms with E-state index in [9.17, 15) is 0 Å². The van der Waals surface area contributed by atoms with Crippen molar-refractivity contribution in [1.29, 1.82) is 0 Å². The van der Waals surface area contributed by atoms with Gasteiger partial charge in [-0.1, -0.05) is 56.6 Å². The Balaban J connectivity index is 0.00000357. The summed E-state index contributed by atoms with van der Waals surface area (Å²) in [5, 5.41) is 2.06. The maximum atomic E-state index is 8.10. The number of aryl methyl sites for hydroxylation is 1. The number of benzene rings is 3. The minimum atomic E-state index is -2.45. The van der Waals surface area contributed by atoms with E-state index in [0.717, 1.165) is 39.0 Å². The summed E-state index contributed by atoms with van der Waals surface area (Å²) in [6, 6.07) is 32.2. The third kappa shape index (κ3) is 4.84. The molecule has 0 N–H and O–H groups in total. The number of para-hydroxylation sites is 3. The molecule has 0 amide bonds. The second-order valence-electron chi connectivity index (χ2n) is 11.2. The number of hydrogen-bond acceptors (Lipinski definition) is 5. The third-order valence-electron chi connectivity index (χ3n) is 7.40. The van der Waals surface area contributed by atoms with Crippen LogP contribution in [0.3, 0.4) is 0 Å². The number of hydrogen-bond donors (Lipinski definition) is 0. The van der Waals surface area contributed by atoms with Gasteiger partial charge in [0.2, 0.25) is 0 Å². The number of fused-ring (bicyclic) bond motifs is 4. The Bertz CT molecular complexity index is 2050. The van der Waals surface area contributed by atoms with Gasteiger partial charge >= 0.3 is 0 Å². The summed E-state index contributed by atoms with van der Waals surface area (Å²) < 4.78 is 32.6. The molecule has 6 aromatic rings. The van der Waals surface area contributed by atoms with E-state index in [1.165, 1.54) is 11.6 Å². The fourth-order valence-corrected chi connectivity index (χ4v) is 5.36. The number of anilines is 3. The van der Waals surface area contributed by atoms with Crippen LogP contribution in [0.2, 0.25) is 0 Å². The molecule has 3 aromatic carbocycles. The van der Waals surface area contributed by atoms with Gasteiger partial charge in [0.1, 0.15) is 11.7 Å². The molecule has 0 saturated carbocycles. The van der Waals surface area contributed by atoms with E-state index in [-0.39, 0.29) is 38.1 Å². The summed E-state index contributed by atoms with van der Waals surface area (Å²) >= 11 is 0. The van der Waals surface area contributed by atoms with Gasteiger partial charge in [-0.25, -0.2) is 4.98 Å². The average Bonchev–Trinajstić information content (AvgIpc) is 3.51. The van der Waals surface area contributed by atoms with Crippen LogP contribution in [-0.4, -0.2) is 21.6 Å². The molecule has 0 radical (unpaired) electrons. The molecule has 7 rings (SSSR count). The maximum Gasteiger partial charge on any atom is 0.135 e. The second-order valence-corrected chi connectivity index (χ2v) is 11.2. The smallest absolute Gasteiger partial charge is 0.135 e. The predicted octanol–water partition coefficient (Wildman–Crippen LogP) is 8.28. The van der Waals surface area contributed by atoms with E-state index in [0.29, 0.717) is 11.4 Å².